The van der Waals surface area contributed by atoms with Crippen LogP contribution in [-0.4, -0.2) is 55.8 Å². The molecule has 0 unspecified atom stereocenters. The van der Waals surface area contributed by atoms with Gasteiger partial charge >= 0.3 is 0 Å². The third-order valence-corrected chi connectivity index (χ3v) is 6.78. The number of hydrogen-bond acceptors (Lipinski definition) is 4. The normalized spacial score (nSPS) is 27.9. The molecule has 2 aromatic rings. The Hall–Kier alpha value is -2.43. The molecule has 4 rings (SSSR count). The van der Waals surface area contributed by atoms with Crippen LogP contribution in [0, 0.1) is 17.6 Å². The van der Waals surface area contributed by atoms with E-state index in [2.05, 4.69) is 4.72 Å². The number of hydrogen-bond donors (Lipinski definition) is 2. The van der Waals surface area contributed by atoms with E-state index < -0.39 is 51.3 Å². The lowest BCUT2D eigenvalue weighted by Crippen LogP contribution is -2.56. The number of aliphatic hydroxyl groups excluding tert-OH is 1. The van der Waals surface area contributed by atoms with Gasteiger partial charge in [0, 0.05) is 19.5 Å². The number of aliphatic hydroxyl groups is 1. The summed E-state index contributed by atoms with van der Waals surface area (Å²) in [4.78, 5) is 14.4. The number of alkyl halides is 1. The van der Waals surface area contributed by atoms with E-state index in [1.54, 1.807) is 12.1 Å². The minimum Gasteiger partial charge on any atom is -0.391 e. The molecule has 32 heavy (non-hydrogen) atoms. The van der Waals surface area contributed by atoms with Crippen LogP contribution < -0.4 is 4.72 Å². The maximum Gasteiger partial charge on any atom is 0.229 e. The Labute approximate surface area is 184 Å². The second kappa shape index (κ2) is 8.17. The molecule has 2 aliphatic rings. The number of carbonyl (C=O) groups is 1. The molecular weight excluding hydrogens is 445 g/mol. The van der Waals surface area contributed by atoms with Gasteiger partial charge < -0.3 is 10.0 Å². The van der Waals surface area contributed by atoms with Crippen LogP contribution in [-0.2, 0) is 20.5 Å². The number of rotatable bonds is 5. The highest BCUT2D eigenvalue weighted by Crippen LogP contribution is 2.58. The van der Waals surface area contributed by atoms with Crippen LogP contribution in [0.2, 0.25) is 0 Å². The summed E-state index contributed by atoms with van der Waals surface area (Å²) in [6.45, 7) is 0.0569. The summed E-state index contributed by atoms with van der Waals surface area (Å²) in [7, 11) is -3.61. The van der Waals surface area contributed by atoms with Crippen LogP contribution in [0.5, 0.6) is 0 Å². The molecular formula is C22H23F3N2O4S. The van der Waals surface area contributed by atoms with E-state index in [4.69, 9.17) is 0 Å². The van der Waals surface area contributed by atoms with Crippen molar-refractivity contribution >= 4 is 15.9 Å². The second-order valence-electron chi connectivity index (χ2n) is 8.40. The van der Waals surface area contributed by atoms with Gasteiger partial charge in [-0.2, -0.15) is 0 Å². The molecule has 1 aliphatic carbocycles. The summed E-state index contributed by atoms with van der Waals surface area (Å²) in [5, 5.41) is 10.1. The summed E-state index contributed by atoms with van der Waals surface area (Å²) < 4.78 is 70.0. The molecule has 1 saturated carbocycles. The summed E-state index contributed by atoms with van der Waals surface area (Å²) in [6.07, 6.45) is -0.0236. The third-order valence-electron chi connectivity index (χ3n) is 6.05. The summed E-state index contributed by atoms with van der Waals surface area (Å²) in [5.41, 5.74) is -2.37. The van der Waals surface area contributed by atoms with Crippen molar-refractivity contribution in [2.75, 3.05) is 19.3 Å². The fourth-order valence-corrected chi connectivity index (χ4v) is 5.17. The van der Waals surface area contributed by atoms with Gasteiger partial charge in [-0.3, -0.25) is 4.79 Å². The number of amides is 1. The van der Waals surface area contributed by atoms with Crippen LogP contribution in [0.3, 0.4) is 0 Å². The number of carbonyl (C=O) groups excluding carboxylic acids is 1. The lowest BCUT2D eigenvalue weighted by Gasteiger charge is -2.36. The summed E-state index contributed by atoms with van der Waals surface area (Å²) in [5.74, 6) is -3.25. The van der Waals surface area contributed by atoms with Gasteiger partial charge in [0.25, 0.3) is 0 Å². The van der Waals surface area contributed by atoms with Gasteiger partial charge in [0.05, 0.1) is 29.9 Å². The van der Waals surface area contributed by atoms with Gasteiger partial charge in [-0.25, -0.2) is 26.3 Å². The Kier molecular flexibility index (Phi) is 5.81. The van der Waals surface area contributed by atoms with Gasteiger partial charge in [-0.05, 0) is 29.7 Å². The fourth-order valence-electron chi connectivity index (χ4n) is 4.39. The molecule has 0 spiro atoms. The van der Waals surface area contributed by atoms with Crippen molar-refractivity contribution in [1.82, 2.24) is 9.62 Å². The molecule has 172 valence electrons. The largest absolute Gasteiger partial charge is 0.391 e. The molecule has 1 heterocycles. The Bertz CT molecular complexity index is 1140. The smallest absolute Gasteiger partial charge is 0.229 e. The van der Waals surface area contributed by atoms with Crippen molar-refractivity contribution in [2.24, 2.45) is 5.92 Å². The highest BCUT2D eigenvalue weighted by atomic mass is 32.2. The van der Waals surface area contributed by atoms with E-state index in [9.17, 15) is 27.1 Å². The van der Waals surface area contributed by atoms with Crippen LogP contribution >= 0.6 is 0 Å². The Morgan fingerprint density at radius 2 is 1.81 bits per heavy atom. The number of benzene rings is 2. The van der Waals surface area contributed by atoms with Crippen molar-refractivity contribution in [3.63, 3.8) is 0 Å². The molecule has 1 aliphatic heterocycles. The molecule has 0 bridgehead atoms. The third kappa shape index (κ3) is 4.26. The first-order chi connectivity index (χ1) is 15.0. The van der Waals surface area contributed by atoms with Gasteiger partial charge in [0.15, 0.2) is 0 Å². The minimum absolute atomic E-state index is 0.0326. The highest BCUT2D eigenvalue weighted by molar-refractivity contribution is 7.88. The molecule has 0 aromatic heterocycles. The van der Waals surface area contributed by atoms with Crippen molar-refractivity contribution < 1.29 is 31.5 Å². The Morgan fingerprint density at radius 3 is 2.47 bits per heavy atom. The lowest BCUT2D eigenvalue weighted by molar-refractivity contribution is -0.136. The van der Waals surface area contributed by atoms with Crippen LogP contribution in [0.25, 0.3) is 11.1 Å². The number of piperidine rings is 1. The molecule has 10 heteroatoms. The van der Waals surface area contributed by atoms with Crippen molar-refractivity contribution in [2.45, 2.75) is 30.7 Å². The maximum absolute atomic E-state index is 15.9. The average molecular weight is 468 g/mol. The molecule has 0 radical (unpaired) electrons. The molecule has 2 N–H and O–H groups in total. The minimum atomic E-state index is -3.61. The van der Waals surface area contributed by atoms with Crippen LogP contribution in [0.15, 0.2) is 42.5 Å². The standard InChI is InChI=1S/C22H23F3N2O4S/c1-32(30,31)26-18-12-27(10-9-19(18)28)21(29)15-11-22(15,25)14-6-3-2-5-13(14)20-16(23)7-4-8-17(20)24/h2-8,15,18-19,26,28H,9-12H2,1H3/t15-,18+,19+,22+/m0/s1. The number of sulfonamides is 1. The quantitative estimate of drug-likeness (QED) is 0.705. The number of nitrogens with one attached hydrogen (secondary N) is 1. The first-order valence-electron chi connectivity index (χ1n) is 10.2. The predicted octanol–water partition coefficient (Wildman–Crippen LogP) is 2.33. The van der Waals surface area contributed by atoms with Crippen molar-refractivity contribution in [3.05, 3.63) is 59.7 Å². The van der Waals surface area contributed by atoms with E-state index in [-0.39, 0.29) is 42.6 Å². The van der Waals surface area contributed by atoms with Gasteiger partial charge in [0.1, 0.15) is 17.3 Å². The average Bonchev–Trinajstić information content (AvgIpc) is 3.41. The topological polar surface area (TPSA) is 86.7 Å². The van der Waals surface area contributed by atoms with Gasteiger partial charge in [0.2, 0.25) is 15.9 Å². The van der Waals surface area contributed by atoms with E-state index in [0.717, 1.165) is 18.4 Å². The molecule has 1 saturated heterocycles. The zero-order valence-corrected chi connectivity index (χ0v) is 18.1. The van der Waals surface area contributed by atoms with Crippen molar-refractivity contribution in [3.8, 4) is 11.1 Å². The Morgan fingerprint density at radius 1 is 1.16 bits per heavy atom. The van der Waals surface area contributed by atoms with E-state index in [1.165, 1.54) is 23.1 Å². The van der Waals surface area contributed by atoms with Gasteiger partial charge in [-0.15, -0.1) is 0 Å². The zero-order chi connectivity index (χ0) is 23.3. The molecule has 4 atom stereocenters. The first-order valence-corrected chi connectivity index (χ1v) is 12.1. The van der Waals surface area contributed by atoms with E-state index >= 15 is 4.39 Å². The molecule has 2 fully saturated rings. The summed E-state index contributed by atoms with van der Waals surface area (Å²) >= 11 is 0. The first kappa shape index (κ1) is 22.8. The molecule has 1 amide bonds. The van der Waals surface area contributed by atoms with Crippen LogP contribution in [0.4, 0.5) is 13.2 Å². The Balaban J connectivity index is 1.58. The molecule has 6 nitrogen and oxygen atoms in total. The number of halogens is 3. The highest BCUT2D eigenvalue weighted by Gasteiger charge is 2.62. The SMILES string of the molecule is CS(=O)(=O)N[C@@H]1CN(C(=O)[C@@H]2C[C@@]2(F)c2ccccc2-c2c(F)cccc2F)CC[C@H]1O. The van der Waals surface area contributed by atoms with Crippen LogP contribution in [0.1, 0.15) is 18.4 Å². The van der Waals surface area contributed by atoms with E-state index in [0.29, 0.717) is 0 Å². The second-order valence-corrected chi connectivity index (χ2v) is 10.2. The summed E-state index contributed by atoms with van der Waals surface area (Å²) in [6, 6.07) is 8.42. The fraction of sp³-hybridized carbons (Fsp3) is 0.409. The number of likely N-dealkylation sites (tertiary alicyclic amines) is 1. The van der Waals surface area contributed by atoms with E-state index in [1.807, 2.05) is 0 Å². The maximum atomic E-state index is 15.9. The number of nitrogens with zero attached hydrogens (tertiary/aromatic N) is 1. The zero-order valence-electron chi connectivity index (χ0n) is 17.3. The predicted molar refractivity (Wildman–Crippen MR) is 112 cm³/mol. The van der Waals surface area contributed by atoms with Crippen molar-refractivity contribution in [1.29, 1.82) is 0 Å². The molecule has 2 aromatic carbocycles. The monoisotopic (exact) mass is 468 g/mol. The lowest BCUT2D eigenvalue weighted by atomic mass is 9.93. The van der Waals surface area contributed by atoms with Gasteiger partial charge in [-0.1, -0.05) is 30.3 Å².